The molecule has 2 rings (SSSR count). The molecule has 0 spiro atoms. The first-order valence-corrected chi connectivity index (χ1v) is 8.17. The fourth-order valence-electron chi connectivity index (χ4n) is 3.66. The molecule has 2 aliphatic rings. The van der Waals surface area contributed by atoms with Crippen LogP contribution in [0.2, 0.25) is 0 Å². The lowest BCUT2D eigenvalue weighted by molar-refractivity contribution is -0.134. The second-order valence-electron chi connectivity index (χ2n) is 6.50. The van der Waals surface area contributed by atoms with E-state index in [2.05, 4.69) is 24.1 Å². The zero-order chi connectivity index (χ0) is 13.7. The van der Waals surface area contributed by atoms with Crippen LogP contribution in [0.4, 0.5) is 0 Å². The Morgan fingerprint density at radius 1 is 1.26 bits per heavy atom. The zero-order valence-corrected chi connectivity index (χ0v) is 12.7. The van der Waals surface area contributed by atoms with E-state index in [1.54, 1.807) is 0 Å². The summed E-state index contributed by atoms with van der Waals surface area (Å²) in [5.74, 6) is 0.972. The second kappa shape index (κ2) is 6.74. The predicted molar refractivity (Wildman–Crippen MR) is 79.0 cm³/mol. The Hall–Kier alpha value is -0.570. The van der Waals surface area contributed by atoms with E-state index in [1.807, 2.05) is 0 Å². The quantitative estimate of drug-likeness (QED) is 0.848. The third-order valence-corrected chi connectivity index (χ3v) is 5.54. The molecule has 1 unspecified atom stereocenters. The summed E-state index contributed by atoms with van der Waals surface area (Å²) in [5.41, 5.74) is 0.517. The lowest BCUT2D eigenvalue weighted by Gasteiger charge is -2.41. The largest absolute Gasteiger partial charge is 0.343 e. The molecule has 1 N–H and O–H groups in total. The van der Waals surface area contributed by atoms with E-state index in [4.69, 9.17) is 0 Å². The van der Waals surface area contributed by atoms with Crippen LogP contribution in [0.25, 0.3) is 0 Å². The molecule has 2 fully saturated rings. The van der Waals surface area contributed by atoms with Crippen molar-refractivity contribution < 1.29 is 4.79 Å². The van der Waals surface area contributed by atoms with Gasteiger partial charge in [-0.3, -0.25) is 4.79 Å². The van der Waals surface area contributed by atoms with Crippen molar-refractivity contribution in [2.24, 2.45) is 11.3 Å². The number of hydrogen-bond donors (Lipinski definition) is 1. The number of piperidine rings is 2. The number of nitrogens with one attached hydrogen (secondary N) is 1. The summed E-state index contributed by atoms with van der Waals surface area (Å²) >= 11 is 0. The minimum atomic E-state index is 0.398. The van der Waals surface area contributed by atoms with Gasteiger partial charge in [0.05, 0.1) is 0 Å². The van der Waals surface area contributed by atoms with E-state index in [-0.39, 0.29) is 0 Å². The molecule has 2 saturated heterocycles. The van der Waals surface area contributed by atoms with Gasteiger partial charge in [0.15, 0.2) is 0 Å². The monoisotopic (exact) mass is 266 g/mol. The maximum Gasteiger partial charge on any atom is 0.222 e. The van der Waals surface area contributed by atoms with Crippen molar-refractivity contribution in [1.29, 1.82) is 0 Å². The molecule has 1 amide bonds. The SMILES string of the molecule is CCC1(CC)CCN(C(=O)CC2CCCNC2)CC1. The van der Waals surface area contributed by atoms with Crippen molar-refractivity contribution in [1.82, 2.24) is 10.2 Å². The van der Waals surface area contributed by atoms with Crippen molar-refractivity contribution in [3.8, 4) is 0 Å². The van der Waals surface area contributed by atoms with Crippen LogP contribution in [0.1, 0.15) is 58.8 Å². The first-order valence-electron chi connectivity index (χ1n) is 8.17. The van der Waals surface area contributed by atoms with Gasteiger partial charge in [-0.05, 0) is 50.1 Å². The normalized spacial score (nSPS) is 27.3. The lowest BCUT2D eigenvalue weighted by atomic mass is 9.74. The van der Waals surface area contributed by atoms with Gasteiger partial charge in [-0.15, -0.1) is 0 Å². The molecule has 0 aromatic rings. The standard InChI is InChI=1S/C16H30N2O/c1-3-16(4-2)7-10-18(11-8-16)15(19)12-14-6-5-9-17-13-14/h14,17H,3-13H2,1-2H3. The Morgan fingerprint density at radius 3 is 2.47 bits per heavy atom. The molecule has 2 heterocycles. The Balaban J connectivity index is 1.78. The first-order chi connectivity index (χ1) is 9.19. The smallest absolute Gasteiger partial charge is 0.222 e. The van der Waals surface area contributed by atoms with Gasteiger partial charge in [0.1, 0.15) is 0 Å². The van der Waals surface area contributed by atoms with Crippen molar-refractivity contribution in [3.05, 3.63) is 0 Å². The molecule has 0 aliphatic carbocycles. The number of carbonyl (C=O) groups is 1. The maximum absolute atomic E-state index is 12.4. The van der Waals surface area contributed by atoms with Crippen LogP contribution in [0.15, 0.2) is 0 Å². The fraction of sp³-hybridized carbons (Fsp3) is 0.938. The summed E-state index contributed by atoms with van der Waals surface area (Å²) in [6.45, 7) is 8.74. The van der Waals surface area contributed by atoms with E-state index >= 15 is 0 Å². The van der Waals surface area contributed by atoms with Crippen LogP contribution in [-0.2, 0) is 4.79 Å². The number of carbonyl (C=O) groups excluding carboxylic acids is 1. The van der Waals surface area contributed by atoms with Gasteiger partial charge in [-0.25, -0.2) is 0 Å². The Labute approximate surface area is 118 Å². The molecule has 0 radical (unpaired) electrons. The van der Waals surface area contributed by atoms with Gasteiger partial charge < -0.3 is 10.2 Å². The third-order valence-electron chi connectivity index (χ3n) is 5.54. The number of rotatable bonds is 4. The molecule has 3 nitrogen and oxygen atoms in total. The van der Waals surface area contributed by atoms with Gasteiger partial charge in [-0.2, -0.15) is 0 Å². The van der Waals surface area contributed by atoms with Crippen molar-refractivity contribution in [3.63, 3.8) is 0 Å². The number of likely N-dealkylation sites (tertiary alicyclic amines) is 1. The lowest BCUT2D eigenvalue weighted by Crippen LogP contribution is -2.44. The van der Waals surface area contributed by atoms with E-state index in [0.29, 0.717) is 17.2 Å². The number of amides is 1. The molecule has 110 valence electrons. The summed E-state index contributed by atoms with van der Waals surface area (Å²) < 4.78 is 0. The van der Waals surface area contributed by atoms with Gasteiger partial charge >= 0.3 is 0 Å². The molecular weight excluding hydrogens is 236 g/mol. The molecule has 0 aromatic heterocycles. The van der Waals surface area contributed by atoms with Crippen LogP contribution in [0.3, 0.4) is 0 Å². The molecular formula is C16H30N2O. The van der Waals surface area contributed by atoms with Crippen molar-refractivity contribution >= 4 is 5.91 Å². The average Bonchev–Trinajstić information content (AvgIpc) is 2.48. The van der Waals surface area contributed by atoms with Crippen LogP contribution in [0.5, 0.6) is 0 Å². The highest BCUT2D eigenvalue weighted by molar-refractivity contribution is 5.76. The minimum Gasteiger partial charge on any atom is -0.343 e. The number of hydrogen-bond acceptors (Lipinski definition) is 2. The van der Waals surface area contributed by atoms with Crippen molar-refractivity contribution in [2.45, 2.75) is 58.8 Å². The van der Waals surface area contributed by atoms with Crippen molar-refractivity contribution in [2.75, 3.05) is 26.2 Å². The predicted octanol–water partition coefficient (Wildman–Crippen LogP) is 2.80. The minimum absolute atomic E-state index is 0.398. The van der Waals surface area contributed by atoms with E-state index < -0.39 is 0 Å². The van der Waals surface area contributed by atoms with Gasteiger partial charge in [0.2, 0.25) is 5.91 Å². The molecule has 2 aliphatic heterocycles. The summed E-state index contributed by atoms with van der Waals surface area (Å²) in [5, 5.41) is 3.40. The highest BCUT2D eigenvalue weighted by atomic mass is 16.2. The maximum atomic E-state index is 12.4. The average molecular weight is 266 g/mol. The van der Waals surface area contributed by atoms with Gasteiger partial charge in [0.25, 0.3) is 0 Å². The highest BCUT2D eigenvalue weighted by Crippen LogP contribution is 2.38. The summed E-state index contributed by atoms with van der Waals surface area (Å²) in [6, 6.07) is 0. The molecule has 0 aromatic carbocycles. The fourth-order valence-corrected chi connectivity index (χ4v) is 3.66. The summed E-state index contributed by atoms with van der Waals surface area (Å²) in [6.07, 6.45) is 8.14. The molecule has 19 heavy (non-hydrogen) atoms. The van der Waals surface area contributed by atoms with Crippen LogP contribution in [0, 0.1) is 11.3 Å². The molecule has 1 atom stereocenters. The molecule has 0 saturated carbocycles. The highest BCUT2D eigenvalue weighted by Gasteiger charge is 2.33. The molecule has 0 bridgehead atoms. The first kappa shape index (κ1) is 14.8. The van der Waals surface area contributed by atoms with E-state index in [9.17, 15) is 4.79 Å². The molecule has 3 heteroatoms. The van der Waals surface area contributed by atoms with Crippen LogP contribution < -0.4 is 5.32 Å². The Kier molecular flexibility index (Phi) is 5.26. The van der Waals surface area contributed by atoms with E-state index in [0.717, 1.165) is 32.6 Å². The Morgan fingerprint density at radius 2 is 1.95 bits per heavy atom. The second-order valence-corrected chi connectivity index (χ2v) is 6.50. The zero-order valence-electron chi connectivity index (χ0n) is 12.7. The van der Waals surface area contributed by atoms with E-state index in [1.165, 1.54) is 38.5 Å². The number of nitrogens with zero attached hydrogens (tertiary/aromatic N) is 1. The van der Waals surface area contributed by atoms with Crippen LogP contribution >= 0.6 is 0 Å². The summed E-state index contributed by atoms with van der Waals surface area (Å²) in [7, 11) is 0. The van der Waals surface area contributed by atoms with Gasteiger partial charge in [-0.1, -0.05) is 26.7 Å². The summed E-state index contributed by atoms with van der Waals surface area (Å²) in [4.78, 5) is 14.5. The van der Waals surface area contributed by atoms with Gasteiger partial charge in [0, 0.05) is 19.5 Å². The third kappa shape index (κ3) is 3.71. The topological polar surface area (TPSA) is 32.3 Å². The van der Waals surface area contributed by atoms with Crippen LogP contribution in [-0.4, -0.2) is 37.0 Å². The Bertz CT molecular complexity index is 283.